The average molecular weight is 276 g/mol. The van der Waals surface area contributed by atoms with Crippen molar-refractivity contribution in [2.24, 2.45) is 0 Å². The maximum absolute atomic E-state index is 12.2. The van der Waals surface area contributed by atoms with E-state index in [1.807, 2.05) is 6.07 Å². The first-order chi connectivity index (χ1) is 9.63. The molecule has 0 bridgehead atoms. The van der Waals surface area contributed by atoms with Gasteiger partial charge in [-0.05, 0) is 43.5 Å². The molecule has 0 radical (unpaired) electrons. The molecular formula is C16H24N2O2. The number of carbonyl (C=O) groups excluding carboxylic acids is 1. The van der Waals surface area contributed by atoms with Crippen molar-refractivity contribution < 1.29 is 9.53 Å². The van der Waals surface area contributed by atoms with Gasteiger partial charge in [-0.25, -0.2) is 4.79 Å². The highest BCUT2D eigenvalue weighted by Crippen LogP contribution is 2.25. The van der Waals surface area contributed by atoms with Crippen LogP contribution in [0.3, 0.4) is 0 Å². The van der Waals surface area contributed by atoms with Gasteiger partial charge in [0.2, 0.25) is 0 Å². The molecule has 0 aromatic heterocycles. The Hall–Kier alpha value is -1.39. The average Bonchev–Trinajstić information content (AvgIpc) is 2.72. The minimum Gasteiger partial charge on any atom is -0.468 e. The van der Waals surface area contributed by atoms with E-state index in [4.69, 9.17) is 4.74 Å². The second-order valence-electron chi connectivity index (χ2n) is 5.41. The van der Waals surface area contributed by atoms with Crippen molar-refractivity contribution in [1.29, 1.82) is 0 Å². The van der Waals surface area contributed by atoms with Crippen molar-refractivity contribution in [3.8, 4) is 0 Å². The first-order valence-corrected chi connectivity index (χ1v) is 7.23. The summed E-state index contributed by atoms with van der Waals surface area (Å²) in [5.74, 6) is -0.171. The summed E-state index contributed by atoms with van der Waals surface area (Å²) in [7, 11) is 1.46. The van der Waals surface area contributed by atoms with Gasteiger partial charge in [0.25, 0.3) is 0 Å². The van der Waals surface area contributed by atoms with Crippen LogP contribution in [0.2, 0.25) is 0 Å². The maximum atomic E-state index is 12.2. The third-order valence-corrected chi connectivity index (χ3v) is 4.01. The van der Waals surface area contributed by atoms with Crippen molar-refractivity contribution in [3.05, 3.63) is 34.9 Å². The van der Waals surface area contributed by atoms with Crippen LogP contribution in [0.25, 0.3) is 0 Å². The van der Waals surface area contributed by atoms with E-state index in [9.17, 15) is 4.79 Å². The van der Waals surface area contributed by atoms with Crippen LogP contribution < -0.4 is 5.32 Å². The number of ether oxygens (including phenoxy) is 1. The first kappa shape index (κ1) is 15.0. The first-order valence-electron chi connectivity index (χ1n) is 7.23. The number of esters is 1. The molecule has 1 N–H and O–H groups in total. The lowest BCUT2D eigenvalue weighted by molar-refractivity contribution is -0.147. The smallest absolute Gasteiger partial charge is 0.327 e. The van der Waals surface area contributed by atoms with Crippen LogP contribution in [0.15, 0.2) is 18.2 Å². The minimum atomic E-state index is -0.292. The molecule has 1 aliphatic rings. The Kier molecular flexibility index (Phi) is 5.15. The Morgan fingerprint density at radius 3 is 2.75 bits per heavy atom. The summed E-state index contributed by atoms with van der Waals surface area (Å²) in [6.07, 6.45) is 1.05. The zero-order valence-corrected chi connectivity index (χ0v) is 12.6. The van der Waals surface area contributed by atoms with Gasteiger partial charge in [-0.1, -0.05) is 18.2 Å². The molecule has 1 unspecified atom stereocenters. The van der Waals surface area contributed by atoms with E-state index in [1.54, 1.807) is 0 Å². The fourth-order valence-electron chi connectivity index (χ4n) is 2.67. The summed E-state index contributed by atoms with van der Waals surface area (Å²) in [6.45, 7) is 7.88. The number of hydrogen-bond acceptors (Lipinski definition) is 4. The Balaban J connectivity index is 2.30. The van der Waals surface area contributed by atoms with E-state index < -0.39 is 0 Å². The molecule has 0 aliphatic carbocycles. The zero-order chi connectivity index (χ0) is 14.5. The standard InChI is InChI=1S/C16H24N2O2/c1-12-5-6-14(11-13(12)2)15(16(19)20-3)18-9-4-7-17-8-10-18/h5-6,11,15,17H,4,7-10H2,1-3H3. The summed E-state index contributed by atoms with van der Waals surface area (Å²) in [6, 6.07) is 5.94. The van der Waals surface area contributed by atoms with Crippen LogP contribution in [0.4, 0.5) is 0 Å². The monoisotopic (exact) mass is 276 g/mol. The third kappa shape index (κ3) is 3.38. The minimum absolute atomic E-state index is 0.171. The molecule has 4 heteroatoms. The largest absolute Gasteiger partial charge is 0.468 e. The highest BCUT2D eigenvalue weighted by Gasteiger charge is 2.29. The summed E-state index contributed by atoms with van der Waals surface area (Å²) in [5, 5.41) is 3.37. The molecule has 110 valence electrons. The number of benzene rings is 1. The Morgan fingerprint density at radius 2 is 2.05 bits per heavy atom. The molecule has 4 nitrogen and oxygen atoms in total. The molecule has 0 spiro atoms. The normalized spacial score (nSPS) is 18.4. The fourth-order valence-corrected chi connectivity index (χ4v) is 2.67. The van der Waals surface area contributed by atoms with E-state index in [-0.39, 0.29) is 12.0 Å². The maximum Gasteiger partial charge on any atom is 0.327 e. The van der Waals surface area contributed by atoms with Gasteiger partial charge >= 0.3 is 5.97 Å². The lowest BCUT2D eigenvalue weighted by atomic mass is 9.99. The number of hydrogen-bond donors (Lipinski definition) is 1. The lowest BCUT2D eigenvalue weighted by Crippen LogP contribution is -2.37. The number of aryl methyl sites for hydroxylation is 2. The van der Waals surface area contributed by atoms with Gasteiger partial charge in [-0.15, -0.1) is 0 Å². The summed E-state index contributed by atoms with van der Waals surface area (Å²) in [4.78, 5) is 14.5. The quantitative estimate of drug-likeness (QED) is 0.855. The fraction of sp³-hybridized carbons (Fsp3) is 0.562. The molecule has 1 aliphatic heterocycles. The van der Waals surface area contributed by atoms with E-state index in [0.29, 0.717) is 0 Å². The van der Waals surface area contributed by atoms with Crippen LogP contribution in [-0.4, -0.2) is 44.2 Å². The highest BCUT2D eigenvalue weighted by molar-refractivity contribution is 5.77. The molecular weight excluding hydrogens is 252 g/mol. The number of nitrogens with zero attached hydrogens (tertiary/aromatic N) is 1. The van der Waals surface area contributed by atoms with Crippen molar-refractivity contribution in [1.82, 2.24) is 10.2 Å². The van der Waals surface area contributed by atoms with Gasteiger partial charge in [-0.2, -0.15) is 0 Å². The van der Waals surface area contributed by atoms with Gasteiger partial charge < -0.3 is 10.1 Å². The molecule has 1 saturated heterocycles. The second-order valence-corrected chi connectivity index (χ2v) is 5.41. The van der Waals surface area contributed by atoms with Gasteiger partial charge in [0.1, 0.15) is 6.04 Å². The van der Waals surface area contributed by atoms with Crippen molar-refractivity contribution in [2.45, 2.75) is 26.3 Å². The van der Waals surface area contributed by atoms with Crippen LogP contribution in [0.1, 0.15) is 29.2 Å². The van der Waals surface area contributed by atoms with Gasteiger partial charge in [0.05, 0.1) is 7.11 Å². The Labute approximate surface area is 121 Å². The van der Waals surface area contributed by atoms with E-state index >= 15 is 0 Å². The molecule has 20 heavy (non-hydrogen) atoms. The molecule has 0 amide bonds. The zero-order valence-electron chi connectivity index (χ0n) is 12.6. The summed E-state index contributed by atoms with van der Waals surface area (Å²) in [5.41, 5.74) is 3.49. The molecule has 2 rings (SSSR count). The Morgan fingerprint density at radius 1 is 1.25 bits per heavy atom. The van der Waals surface area contributed by atoms with E-state index in [0.717, 1.165) is 38.2 Å². The Bertz CT molecular complexity index is 466. The molecule has 0 saturated carbocycles. The van der Waals surface area contributed by atoms with E-state index in [2.05, 4.69) is 36.2 Å². The SMILES string of the molecule is COC(=O)C(c1ccc(C)c(C)c1)N1CCCNCC1. The summed E-state index contributed by atoms with van der Waals surface area (Å²) >= 11 is 0. The van der Waals surface area contributed by atoms with Crippen LogP contribution >= 0.6 is 0 Å². The predicted octanol–water partition coefficient (Wildman–Crippen LogP) is 1.81. The molecule has 1 aromatic rings. The molecule has 1 fully saturated rings. The van der Waals surface area contributed by atoms with Crippen molar-refractivity contribution >= 4 is 5.97 Å². The summed E-state index contributed by atoms with van der Waals surface area (Å²) < 4.78 is 5.03. The predicted molar refractivity (Wildman–Crippen MR) is 79.7 cm³/mol. The van der Waals surface area contributed by atoms with Crippen molar-refractivity contribution in [3.63, 3.8) is 0 Å². The number of nitrogens with one attached hydrogen (secondary N) is 1. The van der Waals surface area contributed by atoms with Gasteiger partial charge in [-0.3, -0.25) is 4.90 Å². The van der Waals surface area contributed by atoms with Crippen LogP contribution in [0, 0.1) is 13.8 Å². The molecule has 1 heterocycles. The number of rotatable bonds is 3. The topological polar surface area (TPSA) is 41.6 Å². The second kappa shape index (κ2) is 6.86. The molecule has 1 atom stereocenters. The van der Waals surface area contributed by atoms with E-state index in [1.165, 1.54) is 18.2 Å². The highest BCUT2D eigenvalue weighted by atomic mass is 16.5. The lowest BCUT2D eigenvalue weighted by Gasteiger charge is -2.29. The van der Waals surface area contributed by atoms with Crippen LogP contribution in [-0.2, 0) is 9.53 Å². The van der Waals surface area contributed by atoms with Crippen LogP contribution in [0.5, 0.6) is 0 Å². The third-order valence-electron chi connectivity index (χ3n) is 4.01. The molecule has 1 aromatic carbocycles. The van der Waals surface area contributed by atoms with Crippen molar-refractivity contribution in [2.75, 3.05) is 33.3 Å². The number of carbonyl (C=O) groups is 1. The van der Waals surface area contributed by atoms with Gasteiger partial charge in [0.15, 0.2) is 0 Å². The van der Waals surface area contributed by atoms with Gasteiger partial charge in [0, 0.05) is 19.6 Å². The number of methoxy groups -OCH3 is 1.